The Labute approximate surface area is 135 Å². The number of nitrogens with zero attached hydrogens (tertiary/aromatic N) is 2. The zero-order chi connectivity index (χ0) is 15.5. The van der Waals surface area contributed by atoms with Crippen LogP contribution in [-0.4, -0.2) is 20.8 Å². The van der Waals surface area contributed by atoms with Crippen LogP contribution in [0.5, 0.6) is 0 Å². The number of thioether (sulfide) groups is 2. The molecule has 1 aromatic heterocycles. The number of carbonyl (C=O) groups excluding carboxylic acids is 1. The van der Waals surface area contributed by atoms with Crippen molar-refractivity contribution >= 4 is 40.6 Å². The molecule has 1 saturated heterocycles. The first-order valence-electron chi connectivity index (χ1n) is 6.36. The van der Waals surface area contributed by atoms with E-state index in [9.17, 15) is 14.9 Å². The number of hydrogen-bond donors (Lipinski definition) is 0. The minimum absolute atomic E-state index is 0.0844. The van der Waals surface area contributed by atoms with Crippen LogP contribution in [0, 0.1) is 10.1 Å². The topological polar surface area (TPSA) is 73.1 Å². The second-order valence-corrected chi connectivity index (χ2v) is 7.04. The summed E-state index contributed by atoms with van der Waals surface area (Å²) in [6.07, 6.45) is 3.26. The quantitative estimate of drug-likeness (QED) is 0.365. The number of ketones is 1. The van der Waals surface area contributed by atoms with E-state index < -0.39 is 4.92 Å². The molecule has 110 valence electrons. The summed E-state index contributed by atoms with van der Waals surface area (Å²) in [7, 11) is 0. The third-order valence-electron chi connectivity index (χ3n) is 3.10. The lowest BCUT2D eigenvalue weighted by Gasteiger charge is -2.20. The van der Waals surface area contributed by atoms with E-state index in [2.05, 4.69) is 4.98 Å². The van der Waals surface area contributed by atoms with Gasteiger partial charge in [0, 0.05) is 40.7 Å². The Bertz CT molecular complexity index is 769. The summed E-state index contributed by atoms with van der Waals surface area (Å²) in [5.41, 5.74) is 1.60. The predicted molar refractivity (Wildman–Crippen MR) is 88.6 cm³/mol. The molecule has 5 nitrogen and oxygen atoms in total. The fraction of sp³-hybridized carbons (Fsp3) is 0.0667. The van der Waals surface area contributed by atoms with Crippen molar-refractivity contribution in [3.05, 3.63) is 74.3 Å². The van der Waals surface area contributed by atoms with Gasteiger partial charge in [-0.2, -0.15) is 0 Å². The van der Waals surface area contributed by atoms with E-state index in [1.54, 1.807) is 54.1 Å². The molecule has 1 aliphatic rings. The van der Waals surface area contributed by atoms with Gasteiger partial charge in [-0.25, -0.2) is 0 Å². The SMILES string of the molecule is O=C(C(=C1SCS1)c1ccncc1)c1cccc([N+](=O)[O-])c1. The third-order valence-corrected chi connectivity index (χ3v) is 5.68. The van der Waals surface area contributed by atoms with Crippen molar-refractivity contribution in [2.75, 3.05) is 5.08 Å². The number of allylic oxidation sites excluding steroid dienone is 1. The number of hydrogen-bond acceptors (Lipinski definition) is 6. The fourth-order valence-corrected chi connectivity index (χ4v) is 3.68. The highest BCUT2D eigenvalue weighted by Crippen LogP contribution is 2.48. The molecule has 0 bridgehead atoms. The molecule has 1 aromatic carbocycles. The molecule has 2 aromatic rings. The molecule has 0 atom stereocenters. The zero-order valence-corrected chi connectivity index (χ0v) is 12.9. The van der Waals surface area contributed by atoms with Crippen LogP contribution >= 0.6 is 23.5 Å². The molecule has 0 spiro atoms. The molecule has 0 amide bonds. The Morgan fingerprint density at radius 2 is 1.86 bits per heavy atom. The lowest BCUT2D eigenvalue weighted by Crippen LogP contribution is -2.07. The monoisotopic (exact) mass is 330 g/mol. The van der Waals surface area contributed by atoms with Crippen LogP contribution in [0.3, 0.4) is 0 Å². The normalized spacial score (nSPS) is 13.4. The third kappa shape index (κ3) is 2.90. The minimum Gasteiger partial charge on any atom is -0.289 e. The number of nitro benzene ring substituents is 1. The number of rotatable bonds is 4. The Balaban J connectivity index is 2.05. The maximum absolute atomic E-state index is 12.8. The Kier molecular flexibility index (Phi) is 4.26. The highest BCUT2D eigenvalue weighted by Gasteiger charge is 2.25. The second kappa shape index (κ2) is 6.33. The van der Waals surface area contributed by atoms with Crippen LogP contribution in [0.2, 0.25) is 0 Å². The number of aromatic nitrogens is 1. The average molecular weight is 330 g/mol. The molecular weight excluding hydrogens is 320 g/mol. The zero-order valence-electron chi connectivity index (χ0n) is 11.3. The summed E-state index contributed by atoms with van der Waals surface area (Å²) in [5.74, 6) is -0.204. The van der Waals surface area contributed by atoms with Gasteiger partial charge in [-0.05, 0) is 17.7 Å². The van der Waals surface area contributed by atoms with Gasteiger partial charge in [-0.3, -0.25) is 19.9 Å². The first-order chi connectivity index (χ1) is 10.7. The number of non-ortho nitro benzene ring substituents is 1. The molecular formula is C15H10N2O3S2. The molecule has 1 aliphatic heterocycles. The first-order valence-corrected chi connectivity index (χ1v) is 8.33. The van der Waals surface area contributed by atoms with Crippen molar-refractivity contribution < 1.29 is 9.72 Å². The number of carbonyl (C=O) groups is 1. The number of pyridine rings is 1. The van der Waals surface area contributed by atoms with Crippen LogP contribution in [0.15, 0.2) is 53.0 Å². The van der Waals surface area contributed by atoms with Gasteiger partial charge in [-0.15, -0.1) is 23.5 Å². The summed E-state index contributed by atoms with van der Waals surface area (Å²) in [6.45, 7) is 0. The molecule has 3 rings (SSSR count). The van der Waals surface area contributed by atoms with Gasteiger partial charge in [-0.1, -0.05) is 12.1 Å². The van der Waals surface area contributed by atoms with Crippen molar-refractivity contribution in [2.24, 2.45) is 0 Å². The lowest BCUT2D eigenvalue weighted by molar-refractivity contribution is -0.384. The molecule has 0 radical (unpaired) electrons. The van der Waals surface area contributed by atoms with Crippen LogP contribution in [0.25, 0.3) is 5.57 Å². The number of nitro groups is 1. The molecule has 0 aliphatic carbocycles. The van der Waals surface area contributed by atoms with Gasteiger partial charge in [0.05, 0.1) is 9.16 Å². The van der Waals surface area contributed by atoms with Gasteiger partial charge in [0.25, 0.3) is 5.69 Å². The van der Waals surface area contributed by atoms with Crippen molar-refractivity contribution in [1.82, 2.24) is 4.98 Å². The smallest absolute Gasteiger partial charge is 0.270 e. The van der Waals surface area contributed by atoms with Crippen molar-refractivity contribution in [3.8, 4) is 0 Å². The van der Waals surface area contributed by atoms with Crippen LogP contribution in [0.4, 0.5) is 5.69 Å². The predicted octanol–water partition coefficient (Wildman–Crippen LogP) is 3.98. The van der Waals surface area contributed by atoms with Gasteiger partial charge in [0.15, 0.2) is 5.78 Å². The van der Waals surface area contributed by atoms with Crippen molar-refractivity contribution in [2.45, 2.75) is 0 Å². The van der Waals surface area contributed by atoms with E-state index in [0.717, 1.165) is 14.9 Å². The molecule has 7 heteroatoms. The van der Waals surface area contributed by atoms with Gasteiger partial charge < -0.3 is 0 Å². The van der Waals surface area contributed by atoms with E-state index in [1.165, 1.54) is 18.2 Å². The van der Waals surface area contributed by atoms with E-state index in [-0.39, 0.29) is 11.5 Å². The first kappa shape index (κ1) is 14.8. The fourth-order valence-electron chi connectivity index (χ4n) is 2.03. The second-order valence-electron chi connectivity index (χ2n) is 4.44. The van der Waals surface area contributed by atoms with E-state index in [1.807, 2.05) is 0 Å². The minimum atomic E-state index is -0.497. The molecule has 0 N–H and O–H groups in total. The van der Waals surface area contributed by atoms with E-state index in [4.69, 9.17) is 0 Å². The average Bonchev–Trinajstić information content (AvgIpc) is 2.51. The van der Waals surface area contributed by atoms with E-state index in [0.29, 0.717) is 11.1 Å². The standard InChI is InChI=1S/C15H10N2O3S2/c18-14(11-2-1-3-12(8-11)17(19)20)13(15-21-9-22-15)10-4-6-16-7-5-10/h1-8H,9H2. The van der Waals surface area contributed by atoms with Crippen LogP contribution in [0.1, 0.15) is 15.9 Å². The molecule has 22 heavy (non-hydrogen) atoms. The van der Waals surface area contributed by atoms with Crippen molar-refractivity contribution in [1.29, 1.82) is 0 Å². The van der Waals surface area contributed by atoms with Gasteiger partial charge >= 0.3 is 0 Å². The summed E-state index contributed by atoms with van der Waals surface area (Å²) in [6, 6.07) is 9.38. The Hall–Kier alpha value is -2.12. The van der Waals surface area contributed by atoms with Gasteiger partial charge in [0.1, 0.15) is 0 Å². The summed E-state index contributed by atoms with van der Waals surface area (Å²) >= 11 is 3.22. The summed E-state index contributed by atoms with van der Waals surface area (Å²) in [5, 5.41) is 11.8. The Morgan fingerprint density at radius 3 is 2.45 bits per heavy atom. The highest BCUT2D eigenvalue weighted by atomic mass is 32.3. The molecule has 1 fully saturated rings. The largest absolute Gasteiger partial charge is 0.289 e. The summed E-state index contributed by atoms with van der Waals surface area (Å²) in [4.78, 5) is 27.2. The van der Waals surface area contributed by atoms with Crippen LogP contribution < -0.4 is 0 Å². The van der Waals surface area contributed by atoms with Crippen molar-refractivity contribution in [3.63, 3.8) is 0 Å². The maximum atomic E-state index is 12.8. The van der Waals surface area contributed by atoms with Crippen LogP contribution in [-0.2, 0) is 0 Å². The lowest BCUT2D eigenvalue weighted by atomic mass is 9.98. The highest BCUT2D eigenvalue weighted by molar-refractivity contribution is 8.37. The van der Waals surface area contributed by atoms with E-state index >= 15 is 0 Å². The maximum Gasteiger partial charge on any atom is 0.270 e. The number of benzene rings is 1. The number of Topliss-reactive ketones (excluding diaryl/α,β-unsaturated/α-hetero) is 1. The molecule has 0 unspecified atom stereocenters. The van der Waals surface area contributed by atoms with Gasteiger partial charge in [0.2, 0.25) is 0 Å². The summed E-state index contributed by atoms with van der Waals surface area (Å²) < 4.78 is 0.947. The molecule has 0 saturated carbocycles. The molecule has 2 heterocycles. The Morgan fingerprint density at radius 1 is 1.14 bits per heavy atom.